The summed E-state index contributed by atoms with van der Waals surface area (Å²) in [5, 5.41) is 8.68. The minimum Gasteiger partial charge on any atom is -0.493 e. The lowest BCUT2D eigenvalue weighted by Gasteiger charge is -2.15. The van der Waals surface area contributed by atoms with Crippen molar-refractivity contribution in [3.05, 3.63) is 52.8 Å². The van der Waals surface area contributed by atoms with Gasteiger partial charge in [-0.2, -0.15) is 0 Å². The van der Waals surface area contributed by atoms with Crippen LogP contribution >= 0.6 is 11.3 Å². The maximum absolute atomic E-state index is 5.88. The number of nitrogens with one attached hydrogen (secondary N) is 2. The Morgan fingerprint density at radius 3 is 2.92 bits per heavy atom. The fourth-order valence-electron chi connectivity index (χ4n) is 2.59. The molecule has 6 nitrogen and oxygen atoms in total. The van der Waals surface area contributed by atoms with E-state index < -0.39 is 0 Å². The van der Waals surface area contributed by atoms with E-state index in [4.69, 9.17) is 4.74 Å². The van der Waals surface area contributed by atoms with E-state index in [9.17, 15) is 0 Å². The molecule has 0 bridgehead atoms. The van der Waals surface area contributed by atoms with Gasteiger partial charge in [-0.05, 0) is 25.0 Å². The Morgan fingerprint density at radius 1 is 1.31 bits per heavy atom. The molecule has 3 rings (SSSR count). The second kappa shape index (κ2) is 8.71. The van der Waals surface area contributed by atoms with Gasteiger partial charge in [0, 0.05) is 36.9 Å². The molecule has 0 saturated heterocycles. The number of rotatable bonds is 7. The number of aryl methyl sites for hydroxylation is 1. The van der Waals surface area contributed by atoms with Crippen LogP contribution in [0.15, 0.2) is 41.0 Å². The molecule has 3 aromatic rings. The zero-order valence-corrected chi connectivity index (χ0v) is 16.3. The van der Waals surface area contributed by atoms with Crippen molar-refractivity contribution < 1.29 is 4.74 Å². The van der Waals surface area contributed by atoms with Gasteiger partial charge in [0.25, 0.3) is 0 Å². The van der Waals surface area contributed by atoms with Gasteiger partial charge in [0.05, 0.1) is 18.8 Å². The average molecular weight is 372 g/mol. The molecular weight excluding hydrogens is 346 g/mol. The minimum absolute atomic E-state index is 0.626. The van der Waals surface area contributed by atoms with Gasteiger partial charge >= 0.3 is 0 Å². The van der Waals surface area contributed by atoms with Gasteiger partial charge in [-0.3, -0.25) is 9.39 Å². The summed E-state index contributed by atoms with van der Waals surface area (Å²) in [5.74, 6) is 1.67. The Morgan fingerprint density at radius 2 is 2.15 bits per heavy atom. The second-order valence-electron chi connectivity index (χ2n) is 6.06. The van der Waals surface area contributed by atoms with Gasteiger partial charge in [0.1, 0.15) is 5.75 Å². The largest absolute Gasteiger partial charge is 0.493 e. The number of hydrogen-bond donors (Lipinski definition) is 2. The fraction of sp³-hybridized carbons (Fsp3) is 0.368. The minimum atomic E-state index is 0.626. The highest BCUT2D eigenvalue weighted by Crippen LogP contribution is 2.20. The highest BCUT2D eigenvalue weighted by atomic mass is 32.1. The van der Waals surface area contributed by atoms with E-state index in [2.05, 4.69) is 52.7 Å². The molecule has 0 aliphatic rings. The van der Waals surface area contributed by atoms with Crippen LogP contribution in [0.3, 0.4) is 0 Å². The van der Waals surface area contributed by atoms with E-state index in [1.807, 2.05) is 22.2 Å². The Kier molecular flexibility index (Phi) is 6.12. The van der Waals surface area contributed by atoms with E-state index in [1.54, 1.807) is 18.4 Å². The number of thiazole rings is 1. The number of aliphatic imine (C=N–C) groups is 1. The monoisotopic (exact) mass is 371 g/mol. The summed E-state index contributed by atoms with van der Waals surface area (Å²) in [4.78, 5) is 9.86. The number of hydrogen-bond acceptors (Lipinski definition) is 4. The standard InChI is InChI=1S/C19H25N5OS/c1-4-8-25-17-10-14(2)5-6-15(17)11-21-18(20-3)22-12-16-13-24-7-9-26-19(24)23-16/h5-7,9-10,13H,4,8,11-12H2,1-3H3,(H2,20,21,22). The van der Waals surface area contributed by atoms with Gasteiger partial charge in [0.15, 0.2) is 10.9 Å². The first kappa shape index (κ1) is 18.3. The maximum Gasteiger partial charge on any atom is 0.193 e. The third kappa shape index (κ3) is 4.54. The molecule has 2 N–H and O–H groups in total. The quantitative estimate of drug-likeness (QED) is 0.494. The Bertz CT molecular complexity index is 855. The normalized spacial score (nSPS) is 11.7. The average Bonchev–Trinajstić information content (AvgIpc) is 3.23. The number of nitrogens with zero attached hydrogens (tertiary/aromatic N) is 3. The van der Waals surface area contributed by atoms with E-state index >= 15 is 0 Å². The SMILES string of the molecule is CCCOc1cc(C)ccc1CNC(=NC)NCc1cn2ccsc2n1. The smallest absolute Gasteiger partial charge is 0.193 e. The third-order valence-corrected chi connectivity index (χ3v) is 4.71. The van der Waals surface area contributed by atoms with Gasteiger partial charge in [-0.25, -0.2) is 4.98 Å². The van der Waals surface area contributed by atoms with Crippen LogP contribution < -0.4 is 15.4 Å². The summed E-state index contributed by atoms with van der Waals surface area (Å²) in [6.45, 7) is 6.19. The summed E-state index contributed by atoms with van der Waals surface area (Å²) >= 11 is 1.63. The number of ether oxygens (including phenoxy) is 1. The highest BCUT2D eigenvalue weighted by molar-refractivity contribution is 7.15. The van der Waals surface area contributed by atoms with Crippen molar-refractivity contribution in [2.24, 2.45) is 4.99 Å². The highest BCUT2D eigenvalue weighted by Gasteiger charge is 2.07. The molecule has 0 aliphatic heterocycles. The van der Waals surface area contributed by atoms with Crippen molar-refractivity contribution >= 4 is 22.3 Å². The van der Waals surface area contributed by atoms with Crippen molar-refractivity contribution in [3.8, 4) is 5.75 Å². The predicted octanol–water partition coefficient (Wildman–Crippen LogP) is 3.36. The molecule has 0 radical (unpaired) electrons. The van der Waals surface area contributed by atoms with Crippen LogP contribution in [0.5, 0.6) is 5.75 Å². The van der Waals surface area contributed by atoms with E-state index in [-0.39, 0.29) is 0 Å². The summed E-state index contributed by atoms with van der Waals surface area (Å²) in [6.07, 6.45) is 5.04. The van der Waals surface area contributed by atoms with Crippen LogP contribution in [0.2, 0.25) is 0 Å². The van der Waals surface area contributed by atoms with Gasteiger partial charge in [-0.1, -0.05) is 19.1 Å². The molecular formula is C19H25N5OS. The molecule has 138 valence electrons. The molecule has 0 atom stereocenters. The first-order chi connectivity index (χ1) is 12.7. The van der Waals surface area contributed by atoms with E-state index in [1.165, 1.54) is 5.56 Å². The Labute approximate surface area is 157 Å². The lowest BCUT2D eigenvalue weighted by molar-refractivity contribution is 0.313. The van der Waals surface area contributed by atoms with Crippen molar-refractivity contribution in [1.29, 1.82) is 0 Å². The summed E-state index contributed by atoms with van der Waals surface area (Å²) in [6, 6.07) is 6.29. The van der Waals surface area contributed by atoms with Gasteiger partial charge in [0.2, 0.25) is 0 Å². The topological polar surface area (TPSA) is 63.0 Å². The lowest BCUT2D eigenvalue weighted by Crippen LogP contribution is -2.36. The summed E-state index contributed by atoms with van der Waals surface area (Å²) < 4.78 is 7.90. The molecule has 0 fully saturated rings. The lowest BCUT2D eigenvalue weighted by atomic mass is 10.1. The van der Waals surface area contributed by atoms with Crippen molar-refractivity contribution in [2.75, 3.05) is 13.7 Å². The van der Waals surface area contributed by atoms with Crippen LogP contribution in [-0.2, 0) is 13.1 Å². The zero-order chi connectivity index (χ0) is 18.4. The number of imidazole rings is 1. The first-order valence-corrected chi connectivity index (χ1v) is 9.65. The maximum atomic E-state index is 5.88. The molecule has 26 heavy (non-hydrogen) atoms. The number of aromatic nitrogens is 2. The van der Waals surface area contributed by atoms with Crippen molar-refractivity contribution in [1.82, 2.24) is 20.0 Å². The molecule has 0 aliphatic carbocycles. The molecule has 0 spiro atoms. The van der Waals surface area contributed by atoms with Gasteiger partial charge in [-0.15, -0.1) is 11.3 Å². The predicted molar refractivity (Wildman–Crippen MR) is 107 cm³/mol. The third-order valence-electron chi connectivity index (χ3n) is 3.93. The number of fused-ring (bicyclic) bond motifs is 1. The van der Waals surface area contributed by atoms with Crippen LogP contribution in [0.25, 0.3) is 4.96 Å². The fourth-order valence-corrected chi connectivity index (χ4v) is 3.31. The van der Waals surface area contributed by atoms with Gasteiger partial charge < -0.3 is 15.4 Å². The number of benzene rings is 1. The Balaban J connectivity index is 1.57. The van der Waals surface area contributed by atoms with Crippen molar-refractivity contribution in [3.63, 3.8) is 0 Å². The van der Waals surface area contributed by atoms with Crippen LogP contribution in [0.1, 0.15) is 30.2 Å². The molecule has 2 aromatic heterocycles. The van der Waals surface area contributed by atoms with Crippen LogP contribution in [0, 0.1) is 6.92 Å². The molecule has 0 amide bonds. The molecule has 2 heterocycles. The number of guanidine groups is 1. The molecule has 1 aromatic carbocycles. The van der Waals surface area contributed by atoms with Crippen molar-refractivity contribution in [2.45, 2.75) is 33.4 Å². The Hall–Kier alpha value is -2.54. The van der Waals surface area contributed by atoms with Crippen LogP contribution in [0.4, 0.5) is 0 Å². The molecule has 0 unspecified atom stereocenters. The van der Waals surface area contributed by atoms with E-state index in [0.29, 0.717) is 13.1 Å². The zero-order valence-electron chi connectivity index (χ0n) is 15.5. The van der Waals surface area contributed by atoms with E-state index in [0.717, 1.165) is 41.0 Å². The first-order valence-electron chi connectivity index (χ1n) is 8.77. The molecule has 7 heteroatoms. The van der Waals surface area contributed by atoms with Crippen LogP contribution in [-0.4, -0.2) is 29.0 Å². The molecule has 0 saturated carbocycles. The second-order valence-corrected chi connectivity index (χ2v) is 6.94. The summed E-state index contributed by atoms with van der Waals surface area (Å²) in [7, 11) is 1.77. The summed E-state index contributed by atoms with van der Waals surface area (Å²) in [5.41, 5.74) is 3.30.